The topological polar surface area (TPSA) is 29.5 Å². The number of halogens is 2. The minimum atomic E-state index is -2.44. The number of ether oxygens (including phenoxy) is 1. The van der Waals surface area contributed by atoms with Crippen molar-refractivity contribution in [2.24, 2.45) is 0 Å². The normalized spacial score (nSPS) is 14.1. The summed E-state index contributed by atoms with van der Waals surface area (Å²) in [6.45, 7) is 1.17. The third kappa shape index (κ3) is 5.91. The summed E-state index contributed by atoms with van der Waals surface area (Å²) in [5, 5.41) is 8.80. The summed E-state index contributed by atoms with van der Waals surface area (Å²) in [5.41, 5.74) is 0. The second-order valence-corrected chi connectivity index (χ2v) is 1.99. The van der Waals surface area contributed by atoms with Gasteiger partial charge in [0.15, 0.2) is 0 Å². The van der Waals surface area contributed by atoms with Crippen LogP contribution in [0.2, 0.25) is 0 Å². The highest BCUT2D eigenvalue weighted by molar-refractivity contribution is 4.48. The van der Waals surface area contributed by atoms with E-state index in [1.165, 1.54) is 0 Å². The Labute approximate surface area is 58.8 Å². The van der Waals surface area contributed by atoms with E-state index in [2.05, 4.69) is 4.74 Å². The van der Waals surface area contributed by atoms with E-state index in [1.807, 2.05) is 0 Å². The molecule has 0 aliphatic rings. The molecule has 0 fully saturated rings. The van der Waals surface area contributed by atoms with Gasteiger partial charge in [-0.15, -0.1) is 0 Å². The molecule has 0 aliphatic heterocycles. The van der Waals surface area contributed by atoms with Crippen molar-refractivity contribution in [1.29, 1.82) is 0 Å². The molecule has 4 heteroatoms. The summed E-state index contributed by atoms with van der Waals surface area (Å²) in [7, 11) is 0. The van der Waals surface area contributed by atoms with Gasteiger partial charge in [-0.3, -0.25) is 0 Å². The molecule has 0 aromatic rings. The number of hydrogen-bond donors (Lipinski definition) is 1. The minimum Gasteiger partial charge on any atom is -0.391 e. The van der Waals surface area contributed by atoms with Crippen LogP contribution in [0.1, 0.15) is 13.3 Å². The first-order valence-electron chi connectivity index (χ1n) is 3.20. The first kappa shape index (κ1) is 9.78. The van der Waals surface area contributed by atoms with Crippen molar-refractivity contribution in [3.8, 4) is 0 Å². The molecule has 0 heterocycles. The highest BCUT2D eigenvalue weighted by Gasteiger charge is 2.04. The van der Waals surface area contributed by atoms with Gasteiger partial charge in [-0.2, -0.15) is 0 Å². The zero-order valence-corrected chi connectivity index (χ0v) is 5.89. The molecule has 10 heavy (non-hydrogen) atoms. The van der Waals surface area contributed by atoms with E-state index in [0.717, 1.165) is 0 Å². The third-order valence-corrected chi connectivity index (χ3v) is 1.03. The van der Waals surface area contributed by atoms with Crippen LogP contribution in [0, 0.1) is 0 Å². The fourth-order valence-electron chi connectivity index (χ4n) is 0.411. The Hall–Kier alpha value is -0.220. The molecule has 0 saturated carbocycles. The van der Waals surface area contributed by atoms with Gasteiger partial charge in [0, 0.05) is 0 Å². The average molecular weight is 154 g/mol. The number of hydrogen-bond acceptors (Lipinski definition) is 2. The summed E-state index contributed by atoms with van der Waals surface area (Å²) in [6, 6.07) is 0. The van der Waals surface area contributed by atoms with Crippen molar-refractivity contribution in [3.63, 3.8) is 0 Å². The molecule has 0 amide bonds. The van der Waals surface area contributed by atoms with Crippen LogP contribution in [0.25, 0.3) is 0 Å². The standard InChI is InChI=1S/C6H12F2O2/c1-2-5(9)3-10-4-6(7)8/h5-6,9H,2-4H2,1H3. The van der Waals surface area contributed by atoms with Gasteiger partial charge in [-0.05, 0) is 6.42 Å². The second kappa shape index (κ2) is 5.56. The maximum absolute atomic E-state index is 11.4. The molecule has 0 spiro atoms. The number of alkyl halides is 2. The lowest BCUT2D eigenvalue weighted by Gasteiger charge is -2.07. The molecule has 0 radical (unpaired) electrons. The first-order chi connectivity index (χ1) is 4.66. The second-order valence-electron chi connectivity index (χ2n) is 1.99. The fourth-order valence-corrected chi connectivity index (χ4v) is 0.411. The lowest BCUT2D eigenvalue weighted by molar-refractivity contribution is -0.0203. The summed E-state index contributed by atoms with van der Waals surface area (Å²) in [6.07, 6.45) is -2.52. The van der Waals surface area contributed by atoms with Crippen molar-refractivity contribution in [2.45, 2.75) is 25.9 Å². The molecule has 0 bridgehead atoms. The van der Waals surface area contributed by atoms with Crippen LogP contribution in [-0.2, 0) is 4.74 Å². The van der Waals surface area contributed by atoms with Crippen molar-refractivity contribution in [3.05, 3.63) is 0 Å². The monoisotopic (exact) mass is 154 g/mol. The van der Waals surface area contributed by atoms with Gasteiger partial charge in [0.05, 0.1) is 12.7 Å². The molecule has 0 saturated heterocycles. The molecular formula is C6H12F2O2. The number of aliphatic hydroxyl groups is 1. The predicted molar refractivity (Wildman–Crippen MR) is 33.1 cm³/mol. The van der Waals surface area contributed by atoms with Crippen LogP contribution < -0.4 is 0 Å². The molecule has 1 atom stereocenters. The maximum atomic E-state index is 11.4. The summed E-state index contributed by atoms with van der Waals surface area (Å²) in [5.74, 6) is 0. The Balaban J connectivity index is 3.03. The van der Waals surface area contributed by atoms with E-state index >= 15 is 0 Å². The van der Waals surface area contributed by atoms with Crippen LogP contribution in [0.4, 0.5) is 8.78 Å². The van der Waals surface area contributed by atoms with Gasteiger partial charge in [-0.25, -0.2) is 8.78 Å². The minimum absolute atomic E-state index is 0.000833. The lowest BCUT2D eigenvalue weighted by atomic mass is 10.3. The first-order valence-corrected chi connectivity index (χ1v) is 3.20. The molecule has 0 aromatic carbocycles. The Morgan fingerprint density at radius 1 is 1.40 bits per heavy atom. The van der Waals surface area contributed by atoms with Gasteiger partial charge >= 0.3 is 0 Å². The van der Waals surface area contributed by atoms with E-state index in [-0.39, 0.29) is 6.61 Å². The predicted octanol–water partition coefficient (Wildman–Crippen LogP) is 1.04. The summed E-state index contributed by atoms with van der Waals surface area (Å²) < 4.78 is 27.2. The molecule has 1 unspecified atom stereocenters. The highest BCUT2D eigenvalue weighted by Crippen LogP contribution is 1.95. The van der Waals surface area contributed by atoms with E-state index in [9.17, 15) is 8.78 Å². The lowest BCUT2D eigenvalue weighted by Crippen LogP contribution is -2.16. The van der Waals surface area contributed by atoms with Crippen LogP contribution in [0.15, 0.2) is 0 Å². The van der Waals surface area contributed by atoms with Crippen molar-refractivity contribution in [2.75, 3.05) is 13.2 Å². The third-order valence-electron chi connectivity index (χ3n) is 1.03. The van der Waals surface area contributed by atoms with E-state index in [4.69, 9.17) is 5.11 Å². The molecule has 62 valence electrons. The van der Waals surface area contributed by atoms with E-state index < -0.39 is 19.1 Å². The van der Waals surface area contributed by atoms with Crippen molar-refractivity contribution >= 4 is 0 Å². The maximum Gasteiger partial charge on any atom is 0.261 e. The zero-order chi connectivity index (χ0) is 7.98. The van der Waals surface area contributed by atoms with E-state index in [1.54, 1.807) is 6.92 Å². The smallest absolute Gasteiger partial charge is 0.261 e. The quantitative estimate of drug-likeness (QED) is 0.641. The Bertz CT molecular complexity index is 78.1. The van der Waals surface area contributed by atoms with Gasteiger partial charge in [0.1, 0.15) is 6.61 Å². The Kier molecular flexibility index (Phi) is 5.43. The van der Waals surface area contributed by atoms with Crippen LogP contribution in [0.3, 0.4) is 0 Å². The summed E-state index contributed by atoms with van der Waals surface area (Å²) in [4.78, 5) is 0. The summed E-state index contributed by atoms with van der Waals surface area (Å²) >= 11 is 0. The van der Waals surface area contributed by atoms with Crippen LogP contribution >= 0.6 is 0 Å². The Morgan fingerprint density at radius 3 is 2.40 bits per heavy atom. The molecular weight excluding hydrogens is 142 g/mol. The van der Waals surface area contributed by atoms with Crippen LogP contribution in [0.5, 0.6) is 0 Å². The van der Waals surface area contributed by atoms with E-state index in [0.29, 0.717) is 6.42 Å². The van der Waals surface area contributed by atoms with Crippen LogP contribution in [-0.4, -0.2) is 30.8 Å². The van der Waals surface area contributed by atoms with Crippen molar-refractivity contribution < 1.29 is 18.6 Å². The molecule has 0 rings (SSSR count). The number of aliphatic hydroxyl groups excluding tert-OH is 1. The Morgan fingerprint density at radius 2 is 2.00 bits per heavy atom. The molecule has 1 N–H and O–H groups in total. The largest absolute Gasteiger partial charge is 0.391 e. The molecule has 2 nitrogen and oxygen atoms in total. The fraction of sp³-hybridized carbons (Fsp3) is 1.00. The number of rotatable bonds is 5. The molecule has 0 aliphatic carbocycles. The van der Waals surface area contributed by atoms with Gasteiger partial charge in [0.25, 0.3) is 6.43 Å². The van der Waals surface area contributed by atoms with Gasteiger partial charge in [-0.1, -0.05) is 6.92 Å². The highest BCUT2D eigenvalue weighted by atomic mass is 19.3. The van der Waals surface area contributed by atoms with Gasteiger partial charge < -0.3 is 9.84 Å². The SMILES string of the molecule is CCC(O)COCC(F)F. The van der Waals surface area contributed by atoms with Crippen molar-refractivity contribution in [1.82, 2.24) is 0 Å². The average Bonchev–Trinajstić information content (AvgIpc) is 1.87. The van der Waals surface area contributed by atoms with Gasteiger partial charge in [0.2, 0.25) is 0 Å². The molecule has 0 aromatic heterocycles. The zero-order valence-electron chi connectivity index (χ0n) is 5.89.